The average Bonchev–Trinajstić information content (AvgIpc) is 3.22. The standard InChI is InChI=1S/C22H26N4O6S/c1-4-16(14-27)31-18-10-15(22(28)24-20-8-9-26(3)25-20)11-19(12-18)32-17-6-7-21(23-13-17)33(29,30)5-2/h6-13,16,27H,4-5,14H2,1-3H3,(H,24,25,28). The molecule has 3 rings (SSSR count). The van der Waals surface area contributed by atoms with Gasteiger partial charge in [-0.25, -0.2) is 13.4 Å². The molecule has 2 aromatic heterocycles. The molecule has 1 atom stereocenters. The number of aliphatic hydroxyl groups is 1. The summed E-state index contributed by atoms with van der Waals surface area (Å²) in [7, 11) is -1.69. The number of carbonyl (C=O) groups excluding carboxylic acids is 1. The third kappa shape index (κ3) is 6.30. The molecule has 1 aromatic carbocycles. The summed E-state index contributed by atoms with van der Waals surface area (Å²) in [6.45, 7) is 3.22. The number of aryl methyl sites for hydroxylation is 1. The van der Waals surface area contributed by atoms with Gasteiger partial charge < -0.3 is 19.9 Å². The normalized spacial score (nSPS) is 12.2. The number of aliphatic hydroxyl groups excluding tert-OH is 1. The Labute approximate surface area is 192 Å². The Morgan fingerprint density at radius 3 is 2.48 bits per heavy atom. The number of amides is 1. The zero-order valence-electron chi connectivity index (χ0n) is 18.6. The quantitative estimate of drug-likeness (QED) is 0.458. The van der Waals surface area contributed by atoms with Crippen molar-refractivity contribution in [2.45, 2.75) is 31.4 Å². The molecule has 3 aromatic rings. The number of nitrogens with one attached hydrogen (secondary N) is 1. The molecule has 0 spiro atoms. The van der Waals surface area contributed by atoms with Crippen molar-refractivity contribution in [1.29, 1.82) is 0 Å². The van der Waals surface area contributed by atoms with Crippen LogP contribution in [-0.4, -0.2) is 52.7 Å². The second kappa shape index (κ2) is 10.5. The number of hydrogen-bond acceptors (Lipinski definition) is 8. The van der Waals surface area contributed by atoms with Gasteiger partial charge in [-0.3, -0.25) is 9.48 Å². The molecule has 0 saturated carbocycles. The number of benzene rings is 1. The smallest absolute Gasteiger partial charge is 0.257 e. The highest BCUT2D eigenvalue weighted by atomic mass is 32.2. The van der Waals surface area contributed by atoms with Gasteiger partial charge in [0.05, 0.1) is 18.6 Å². The fourth-order valence-corrected chi connectivity index (χ4v) is 3.62. The van der Waals surface area contributed by atoms with E-state index >= 15 is 0 Å². The monoisotopic (exact) mass is 474 g/mol. The first-order valence-electron chi connectivity index (χ1n) is 10.3. The average molecular weight is 475 g/mol. The second-order valence-electron chi connectivity index (χ2n) is 7.19. The Morgan fingerprint density at radius 1 is 1.15 bits per heavy atom. The lowest BCUT2D eigenvalue weighted by molar-refractivity contribution is 0.102. The number of nitrogens with zero attached hydrogens (tertiary/aromatic N) is 3. The minimum absolute atomic E-state index is 0.0430. The van der Waals surface area contributed by atoms with Gasteiger partial charge in [-0.05, 0) is 30.7 Å². The van der Waals surface area contributed by atoms with E-state index in [-0.39, 0.29) is 34.4 Å². The van der Waals surface area contributed by atoms with Gasteiger partial charge in [0.25, 0.3) is 5.91 Å². The molecule has 1 unspecified atom stereocenters. The third-order valence-electron chi connectivity index (χ3n) is 4.70. The van der Waals surface area contributed by atoms with Crippen molar-refractivity contribution in [1.82, 2.24) is 14.8 Å². The summed E-state index contributed by atoms with van der Waals surface area (Å²) in [5.41, 5.74) is 0.249. The van der Waals surface area contributed by atoms with Crippen molar-refractivity contribution >= 4 is 21.6 Å². The van der Waals surface area contributed by atoms with Gasteiger partial charge in [0, 0.05) is 30.9 Å². The lowest BCUT2D eigenvalue weighted by Gasteiger charge is -2.17. The maximum atomic E-state index is 12.8. The van der Waals surface area contributed by atoms with Crippen LogP contribution in [0.3, 0.4) is 0 Å². The number of pyridine rings is 1. The minimum atomic E-state index is -3.43. The minimum Gasteiger partial charge on any atom is -0.488 e. The van der Waals surface area contributed by atoms with Gasteiger partial charge >= 0.3 is 0 Å². The molecule has 0 bridgehead atoms. The number of carbonyl (C=O) groups is 1. The summed E-state index contributed by atoms with van der Waals surface area (Å²) in [4.78, 5) is 16.8. The topological polar surface area (TPSA) is 133 Å². The maximum absolute atomic E-state index is 12.8. The largest absolute Gasteiger partial charge is 0.488 e. The van der Waals surface area contributed by atoms with Gasteiger partial charge in [0.15, 0.2) is 20.7 Å². The maximum Gasteiger partial charge on any atom is 0.257 e. The lowest BCUT2D eigenvalue weighted by Crippen LogP contribution is -2.20. The van der Waals surface area contributed by atoms with Crippen LogP contribution < -0.4 is 14.8 Å². The van der Waals surface area contributed by atoms with Gasteiger partial charge in [-0.15, -0.1) is 0 Å². The molecule has 2 heterocycles. The van der Waals surface area contributed by atoms with Crippen LogP contribution in [0.5, 0.6) is 17.2 Å². The van der Waals surface area contributed by atoms with Crippen molar-refractivity contribution in [2.75, 3.05) is 17.7 Å². The number of ether oxygens (including phenoxy) is 2. The molecule has 0 aliphatic carbocycles. The summed E-state index contributed by atoms with van der Waals surface area (Å²) >= 11 is 0. The summed E-state index contributed by atoms with van der Waals surface area (Å²) in [5.74, 6) is 0.792. The van der Waals surface area contributed by atoms with Gasteiger partial charge in [-0.1, -0.05) is 13.8 Å². The number of anilines is 1. The summed E-state index contributed by atoms with van der Waals surface area (Å²) < 4.78 is 37.1. The van der Waals surface area contributed by atoms with Crippen LogP contribution >= 0.6 is 0 Å². The molecule has 176 valence electrons. The Morgan fingerprint density at radius 2 is 1.91 bits per heavy atom. The third-order valence-corrected chi connectivity index (χ3v) is 6.34. The van der Waals surface area contributed by atoms with E-state index < -0.39 is 21.8 Å². The fourth-order valence-electron chi connectivity index (χ4n) is 2.84. The van der Waals surface area contributed by atoms with E-state index in [4.69, 9.17) is 9.47 Å². The molecule has 0 aliphatic rings. The second-order valence-corrected chi connectivity index (χ2v) is 9.42. The van der Waals surface area contributed by atoms with Crippen LogP contribution in [0.4, 0.5) is 5.82 Å². The first-order valence-corrected chi connectivity index (χ1v) is 12.0. The molecule has 0 aliphatic heterocycles. The van der Waals surface area contributed by atoms with Crippen LogP contribution in [0.15, 0.2) is 53.8 Å². The number of rotatable bonds is 10. The Balaban J connectivity index is 1.89. The van der Waals surface area contributed by atoms with E-state index in [9.17, 15) is 18.3 Å². The predicted molar refractivity (Wildman–Crippen MR) is 121 cm³/mol. The molecule has 0 fully saturated rings. The van der Waals surface area contributed by atoms with Crippen molar-refractivity contribution < 1.29 is 27.8 Å². The van der Waals surface area contributed by atoms with Crippen molar-refractivity contribution in [3.8, 4) is 17.2 Å². The van der Waals surface area contributed by atoms with Crippen LogP contribution in [0.1, 0.15) is 30.6 Å². The zero-order valence-corrected chi connectivity index (χ0v) is 19.4. The van der Waals surface area contributed by atoms with Crippen molar-refractivity contribution in [3.05, 3.63) is 54.4 Å². The van der Waals surface area contributed by atoms with E-state index in [2.05, 4.69) is 15.4 Å². The molecule has 33 heavy (non-hydrogen) atoms. The molecular weight excluding hydrogens is 448 g/mol. The van der Waals surface area contributed by atoms with Crippen molar-refractivity contribution in [3.63, 3.8) is 0 Å². The lowest BCUT2D eigenvalue weighted by atomic mass is 10.1. The van der Waals surface area contributed by atoms with Gasteiger partial charge in [0.1, 0.15) is 23.4 Å². The van der Waals surface area contributed by atoms with E-state index in [0.717, 1.165) is 0 Å². The molecule has 2 N–H and O–H groups in total. The van der Waals surface area contributed by atoms with Crippen LogP contribution in [0.2, 0.25) is 0 Å². The highest BCUT2D eigenvalue weighted by molar-refractivity contribution is 7.91. The van der Waals surface area contributed by atoms with E-state index in [1.54, 1.807) is 43.0 Å². The van der Waals surface area contributed by atoms with E-state index in [0.29, 0.717) is 18.0 Å². The molecule has 1 amide bonds. The molecular formula is C22H26N4O6S. The van der Waals surface area contributed by atoms with Crippen LogP contribution in [0, 0.1) is 0 Å². The highest BCUT2D eigenvalue weighted by Crippen LogP contribution is 2.29. The SMILES string of the molecule is CCC(CO)Oc1cc(Oc2ccc(S(=O)(=O)CC)nc2)cc(C(=O)Nc2ccn(C)n2)c1. The first-order chi connectivity index (χ1) is 15.7. The highest BCUT2D eigenvalue weighted by Gasteiger charge is 2.16. The van der Waals surface area contributed by atoms with Gasteiger partial charge in [0.2, 0.25) is 0 Å². The Hall–Kier alpha value is -3.44. The van der Waals surface area contributed by atoms with Crippen LogP contribution in [0.25, 0.3) is 0 Å². The summed E-state index contributed by atoms with van der Waals surface area (Å²) in [5, 5.41) is 16.3. The summed E-state index contributed by atoms with van der Waals surface area (Å²) in [6, 6.07) is 9.14. The zero-order chi connectivity index (χ0) is 24.0. The Kier molecular flexibility index (Phi) is 7.67. The summed E-state index contributed by atoms with van der Waals surface area (Å²) in [6.07, 6.45) is 3.11. The van der Waals surface area contributed by atoms with Gasteiger partial charge in [-0.2, -0.15) is 5.10 Å². The fraction of sp³-hybridized carbons (Fsp3) is 0.318. The van der Waals surface area contributed by atoms with Crippen molar-refractivity contribution in [2.24, 2.45) is 7.05 Å². The molecule has 0 saturated heterocycles. The Bertz CT molecular complexity index is 1200. The number of sulfone groups is 1. The number of hydrogen-bond donors (Lipinski definition) is 2. The number of aromatic nitrogens is 3. The van der Waals surface area contributed by atoms with E-state index in [1.807, 2.05) is 6.92 Å². The molecule has 11 heteroatoms. The first kappa shape index (κ1) is 24.2. The van der Waals surface area contributed by atoms with Crippen LogP contribution in [-0.2, 0) is 16.9 Å². The predicted octanol–water partition coefficient (Wildman–Crippen LogP) is 2.80. The molecule has 0 radical (unpaired) electrons. The van der Waals surface area contributed by atoms with E-state index in [1.165, 1.54) is 24.4 Å². The molecule has 10 nitrogen and oxygen atoms in total.